The average molecular weight is 264 g/mol. The number of hydrogen-bond donors (Lipinski definition) is 0. The van der Waals surface area contributed by atoms with Gasteiger partial charge in [-0.2, -0.15) is 0 Å². The van der Waals surface area contributed by atoms with E-state index in [0.29, 0.717) is 12.0 Å². The maximum absolute atomic E-state index is 11.5. The summed E-state index contributed by atoms with van der Waals surface area (Å²) in [7, 11) is 5.51. The van der Waals surface area contributed by atoms with Crippen molar-refractivity contribution < 1.29 is 9.53 Å². The van der Waals surface area contributed by atoms with Gasteiger partial charge < -0.3 is 14.5 Å². The normalized spacial score (nSPS) is 22.9. The van der Waals surface area contributed by atoms with E-state index in [-0.39, 0.29) is 5.69 Å². The topological polar surface area (TPSA) is 58.6 Å². The molecule has 0 saturated carbocycles. The van der Waals surface area contributed by atoms with Crippen molar-refractivity contribution in [1.82, 2.24) is 14.9 Å². The Labute approximate surface area is 113 Å². The molecule has 2 atom stereocenters. The Morgan fingerprint density at radius 3 is 2.74 bits per heavy atom. The summed E-state index contributed by atoms with van der Waals surface area (Å²) in [5, 5.41) is 0. The molecular formula is C13H20N4O2. The van der Waals surface area contributed by atoms with Gasteiger partial charge in [0, 0.05) is 19.1 Å². The van der Waals surface area contributed by atoms with Crippen molar-refractivity contribution >= 4 is 11.8 Å². The maximum atomic E-state index is 11.5. The Morgan fingerprint density at radius 1 is 1.42 bits per heavy atom. The first kappa shape index (κ1) is 13.7. The lowest BCUT2D eigenvalue weighted by atomic mass is 10.1. The van der Waals surface area contributed by atoms with Crippen LogP contribution >= 0.6 is 0 Å². The number of hydrogen-bond acceptors (Lipinski definition) is 6. The third-order valence-corrected chi connectivity index (χ3v) is 3.58. The largest absolute Gasteiger partial charge is 0.464 e. The fraction of sp³-hybridized carbons (Fsp3) is 0.615. The molecule has 6 nitrogen and oxygen atoms in total. The fourth-order valence-electron chi connectivity index (χ4n) is 2.52. The molecular weight excluding hydrogens is 244 g/mol. The van der Waals surface area contributed by atoms with Crippen molar-refractivity contribution in [2.75, 3.05) is 39.2 Å². The zero-order chi connectivity index (χ0) is 14.0. The first-order chi connectivity index (χ1) is 9.02. The van der Waals surface area contributed by atoms with Gasteiger partial charge in [-0.05, 0) is 20.0 Å². The highest BCUT2D eigenvalue weighted by Crippen LogP contribution is 2.24. The number of ether oxygens (including phenoxy) is 1. The summed E-state index contributed by atoms with van der Waals surface area (Å²) in [5.74, 6) is 0.837. The summed E-state index contributed by atoms with van der Waals surface area (Å²) in [5.41, 5.74) is 0.251. The third-order valence-electron chi connectivity index (χ3n) is 3.58. The molecule has 1 fully saturated rings. The molecule has 104 valence electrons. The molecule has 0 amide bonds. The molecule has 0 N–H and O–H groups in total. The van der Waals surface area contributed by atoms with Gasteiger partial charge in [0.25, 0.3) is 0 Å². The van der Waals surface area contributed by atoms with Gasteiger partial charge in [-0.25, -0.2) is 9.78 Å². The van der Waals surface area contributed by atoms with E-state index in [1.165, 1.54) is 13.3 Å². The predicted octanol–water partition coefficient (Wildman–Crippen LogP) is 0.649. The van der Waals surface area contributed by atoms with E-state index in [0.717, 1.165) is 18.9 Å². The minimum absolute atomic E-state index is 0.251. The Balaban J connectivity index is 2.17. The third kappa shape index (κ3) is 2.84. The molecule has 2 unspecified atom stereocenters. The van der Waals surface area contributed by atoms with Crippen molar-refractivity contribution in [1.29, 1.82) is 0 Å². The second-order valence-corrected chi connectivity index (χ2v) is 5.17. The number of carbonyl (C=O) groups is 1. The summed E-state index contributed by atoms with van der Waals surface area (Å²) in [6.07, 6.45) is 3.12. The number of likely N-dealkylation sites (N-methyl/N-ethyl adjacent to an activating group) is 1. The zero-order valence-electron chi connectivity index (χ0n) is 11.8. The Bertz CT molecular complexity index is 464. The molecule has 2 heterocycles. The van der Waals surface area contributed by atoms with Crippen LogP contribution in [0.3, 0.4) is 0 Å². The molecule has 0 aromatic carbocycles. The summed E-state index contributed by atoms with van der Waals surface area (Å²) < 4.78 is 4.67. The number of carbonyl (C=O) groups excluding carboxylic acids is 1. The van der Waals surface area contributed by atoms with E-state index < -0.39 is 5.97 Å². The van der Waals surface area contributed by atoms with Crippen LogP contribution in [-0.4, -0.2) is 61.2 Å². The van der Waals surface area contributed by atoms with Crippen LogP contribution in [0.1, 0.15) is 17.4 Å². The number of rotatable bonds is 3. The minimum Gasteiger partial charge on any atom is -0.464 e. The minimum atomic E-state index is -0.453. The number of aromatic nitrogens is 2. The van der Waals surface area contributed by atoms with Gasteiger partial charge in [0.1, 0.15) is 5.82 Å². The Morgan fingerprint density at radius 2 is 2.16 bits per heavy atom. The molecule has 1 aliphatic rings. The summed E-state index contributed by atoms with van der Waals surface area (Å²) in [6, 6.07) is 0.489. The molecule has 6 heteroatoms. The molecule has 0 bridgehead atoms. The summed E-state index contributed by atoms with van der Waals surface area (Å²) in [6.45, 7) is 4.04. The molecule has 1 aromatic heterocycles. The van der Waals surface area contributed by atoms with Crippen molar-refractivity contribution in [2.24, 2.45) is 5.92 Å². The van der Waals surface area contributed by atoms with Crippen LogP contribution in [0.2, 0.25) is 0 Å². The van der Waals surface area contributed by atoms with Crippen LogP contribution in [0.15, 0.2) is 12.4 Å². The van der Waals surface area contributed by atoms with E-state index in [2.05, 4.69) is 45.5 Å². The van der Waals surface area contributed by atoms with Crippen molar-refractivity contribution in [3.63, 3.8) is 0 Å². The summed E-state index contributed by atoms with van der Waals surface area (Å²) >= 11 is 0. The van der Waals surface area contributed by atoms with Gasteiger partial charge in [-0.15, -0.1) is 0 Å². The monoisotopic (exact) mass is 264 g/mol. The van der Waals surface area contributed by atoms with Crippen molar-refractivity contribution in [3.05, 3.63) is 18.1 Å². The molecule has 2 rings (SSSR count). The van der Waals surface area contributed by atoms with Gasteiger partial charge >= 0.3 is 5.97 Å². The number of nitrogens with zero attached hydrogens (tertiary/aromatic N) is 4. The van der Waals surface area contributed by atoms with Gasteiger partial charge in [0.15, 0.2) is 5.69 Å². The highest BCUT2D eigenvalue weighted by atomic mass is 16.5. The standard InChI is InChI=1S/C13H20N4O2/c1-9-7-17(8-11(9)16(2)3)12-6-14-5-10(15-12)13(18)19-4/h5-6,9,11H,7-8H2,1-4H3. The van der Waals surface area contributed by atoms with Crippen LogP contribution in [0, 0.1) is 5.92 Å². The molecule has 0 radical (unpaired) electrons. The van der Waals surface area contributed by atoms with E-state index in [9.17, 15) is 4.79 Å². The van der Waals surface area contributed by atoms with Crippen LogP contribution in [0.25, 0.3) is 0 Å². The number of esters is 1. The van der Waals surface area contributed by atoms with Crippen LogP contribution in [0.5, 0.6) is 0 Å². The van der Waals surface area contributed by atoms with Gasteiger partial charge in [-0.1, -0.05) is 6.92 Å². The highest BCUT2D eigenvalue weighted by molar-refractivity contribution is 5.87. The van der Waals surface area contributed by atoms with Crippen LogP contribution in [-0.2, 0) is 4.74 Å². The van der Waals surface area contributed by atoms with Gasteiger partial charge in [0.05, 0.1) is 19.5 Å². The Kier molecular flexibility index (Phi) is 3.99. The van der Waals surface area contributed by atoms with E-state index in [1.54, 1.807) is 6.20 Å². The van der Waals surface area contributed by atoms with E-state index in [1.807, 2.05) is 0 Å². The molecule has 19 heavy (non-hydrogen) atoms. The lowest BCUT2D eigenvalue weighted by Gasteiger charge is -2.22. The molecule has 0 aliphatic carbocycles. The average Bonchev–Trinajstić information content (AvgIpc) is 2.80. The molecule has 1 saturated heterocycles. The first-order valence-electron chi connectivity index (χ1n) is 6.34. The zero-order valence-corrected chi connectivity index (χ0v) is 11.8. The van der Waals surface area contributed by atoms with E-state index in [4.69, 9.17) is 0 Å². The lowest BCUT2D eigenvalue weighted by Crippen LogP contribution is -2.34. The number of methoxy groups -OCH3 is 1. The van der Waals surface area contributed by atoms with E-state index >= 15 is 0 Å². The smallest absolute Gasteiger partial charge is 0.358 e. The van der Waals surface area contributed by atoms with Gasteiger partial charge in [-0.3, -0.25) is 4.98 Å². The fourth-order valence-corrected chi connectivity index (χ4v) is 2.52. The summed E-state index contributed by atoms with van der Waals surface area (Å²) in [4.78, 5) is 24.3. The number of anilines is 1. The second kappa shape index (κ2) is 5.52. The molecule has 1 aliphatic heterocycles. The second-order valence-electron chi connectivity index (χ2n) is 5.17. The lowest BCUT2D eigenvalue weighted by molar-refractivity contribution is 0.0593. The SMILES string of the molecule is COC(=O)c1cncc(N2CC(C)C(N(C)C)C2)n1. The highest BCUT2D eigenvalue weighted by Gasteiger charge is 2.32. The van der Waals surface area contributed by atoms with Crippen molar-refractivity contribution in [2.45, 2.75) is 13.0 Å². The maximum Gasteiger partial charge on any atom is 0.358 e. The quantitative estimate of drug-likeness (QED) is 0.747. The molecule has 0 spiro atoms. The Hall–Kier alpha value is -1.69. The first-order valence-corrected chi connectivity index (χ1v) is 6.34. The molecule has 1 aromatic rings. The van der Waals surface area contributed by atoms with Crippen LogP contribution in [0.4, 0.5) is 5.82 Å². The van der Waals surface area contributed by atoms with Crippen molar-refractivity contribution in [3.8, 4) is 0 Å². The van der Waals surface area contributed by atoms with Crippen LogP contribution < -0.4 is 4.90 Å². The predicted molar refractivity (Wildman–Crippen MR) is 72.2 cm³/mol. The van der Waals surface area contributed by atoms with Gasteiger partial charge in [0.2, 0.25) is 0 Å².